The summed E-state index contributed by atoms with van der Waals surface area (Å²) in [7, 11) is 0. The lowest BCUT2D eigenvalue weighted by atomic mass is 9.99. The van der Waals surface area contributed by atoms with E-state index in [0.717, 1.165) is 41.4 Å². The van der Waals surface area contributed by atoms with Crippen LogP contribution in [0.1, 0.15) is 31.5 Å². The molecule has 8 heteroatoms. The van der Waals surface area contributed by atoms with Crippen molar-refractivity contribution in [2.75, 3.05) is 0 Å². The zero-order chi connectivity index (χ0) is 15.9. The van der Waals surface area contributed by atoms with Crippen LogP contribution in [0.4, 0.5) is 0 Å². The molecular weight excluding hydrogens is 394 g/mol. The second-order valence-electron chi connectivity index (χ2n) is 5.94. The van der Waals surface area contributed by atoms with Gasteiger partial charge in [-0.1, -0.05) is 33.9 Å². The standard InChI is InChI=1S/C16H16BrN5O.ClH/c17-12-3-5-13(6-4-12)22-10-11(9-19-22)14-20-15(21-23-14)16(18)7-1-2-8-16;/h3-6,9-10H,1-2,7-8,18H2;1H. The van der Waals surface area contributed by atoms with Crippen LogP contribution in [-0.4, -0.2) is 19.9 Å². The van der Waals surface area contributed by atoms with Crippen LogP contribution in [0.3, 0.4) is 0 Å². The fourth-order valence-corrected chi connectivity index (χ4v) is 3.21. The van der Waals surface area contributed by atoms with Gasteiger partial charge in [-0.05, 0) is 37.1 Å². The lowest BCUT2D eigenvalue weighted by molar-refractivity contribution is 0.372. The minimum atomic E-state index is -0.441. The van der Waals surface area contributed by atoms with Gasteiger partial charge < -0.3 is 10.3 Å². The molecule has 0 saturated heterocycles. The first-order valence-corrected chi connectivity index (χ1v) is 8.37. The fourth-order valence-electron chi connectivity index (χ4n) is 2.94. The summed E-state index contributed by atoms with van der Waals surface area (Å²) in [5.41, 5.74) is 7.68. The first-order chi connectivity index (χ1) is 11.1. The monoisotopic (exact) mass is 409 g/mol. The predicted octanol–water partition coefficient (Wildman–Crippen LogP) is 3.83. The van der Waals surface area contributed by atoms with Crippen LogP contribution in [0, 0.1) is 0 Å². The minimum Gasteiger partial charge on any atom is -0.334 e. The van der Waals surface area contributed by atoms with Crippen LogP contribution < -0.4 is 5.73 Å². The molecule has 2 N–H and O–H groups in total. The van der Waals surface area contributed by atoms with Gasteiger partial charge in [0.2, 0.25) is 0 Å². The normalized spacial score (nSPS) is 16.1. The number of hydrogen-bond acceptors (Lipinski definition) is 5. The summed E-state index contributed by atoms with van der Waals surface area (Å²) in [5, 5.41) is 8.44. The second kappa shape index (κ2) is 6.66. The Morgan fingerprint density at radius 3 is 2.58 bits per heavy atom. The number of hydrogen-bond donors (Lipinski definition) is 1. The molecule has 1 aliphatic rings. The van der Waals surface area contributed by atoms with E-state index in [-0.39, 0.29) is 12.4 Å². The SMILES string of the molecule is Cl.NC1(c2noc(-c3cnn(-c4ccc(Br)cc4)c3)n2)CCCC1. The number of rotatable bonds is 3. The van der Waals surface area contributed by atoms with E-state index in [4.69, 9.17) is 10.3 Å². The van der Waals surface area contributed by atoms with Crippen LogP contribution in [0.15, 0.2) is 45.7 Å². The Kier molecular flexibility index (Phi) is 4.76. The molecule has 1 aliphatic carbocycles. The summed E-state index contributed by atoms with van der Waals surface area (Å²) in [6.45, 7) is 0. The van der Waals surface area contributed by atoms with Crippen molar-refractivity contribution in [3.63, 3.8) is 0 Å². The Morgan fingerprint density at radius 1 is 1.17 bits per heavy atom. The van der Waals surface area contributed by atoms with Crippen molar-refractivity contribution >= 4 is 28.3 Å². The van der Waals surface area contributed by atoms with Crippen molar-refractivity contribution in [3.05, 3.63) is 47.0 Å². The van der Waals surface area contributed by atoms with Gasteiger partial charge in [-0.15, -0.1) is 12.4 Å². The zero-order valence-corrected chi connectivity index (χ0v) is 15.3. The first kappa shape index (κ1) is 17.1. The van der Waals surface area contributed by atoms with Gasteiger partial charge >= 0.3 is 0 Å². The van der Waals surface area contributed by atoms with Gasteiger partial charge in [0.1, 0.15) is 0 Å². The van der Waals surface area contributed by atoms with Gasteiger partial charge in [0.25, 0.3) is 5.89 Å². The average Bonchev–Trinajstić information content (AvgIpc) is 3.28. The maximum absolute atomic E-state index is 6.37. The van der Waals surface area contributed by atoms with E-state index in [1.807, 2.05) is 30.5 Å². The molecule has 0 radical (unpaired) electrons. The molecule has 0 aliphatic heterocycles. The quantitative estimate of drug-likeness (QED) is 0.709. The lowest BCUT2D eigenvalue weighted by Gasteiger charge is -2.17. The Morgan fingerprint density at radius 2 is 1.88 bits per heavy atom. The molecule has 0 atom stereocenters. The van der Waals surface area contributed by atoms with Crippen molar-refractivity contribution in [2.45, 2.75) is 31.2 Å². The van der Waals surface area contributed by atoms with E-state index in [1.54, 1.807) is 10.9 Å². The van der Waals surface area contributed by atoms with Crippen molar-refractivity contribution in [1.82, 2.24) is 19.9 Å². The summed E-state index contributed by atoms with van der Waals surface area (Å²) >= 11 is 3.43. The van der Waals surface area contributed by atoms with E-state index in [1.165, 1.54) is 0 Å². The first-order valence-electron chi connectivity index (χ1n) is 7.58. The number of nitrogens with zero attached hydrogens (tertiary/aromatic N) is 4. The molecule has 0 amide bonds. The Labute approximate surface area is 154 Å². The Bertz CT molecular complexity index is 823. The van der Waals surface area contributed by atoms with Gasteiger partial charge in [0, 0.05) is 10.7 Å². The molecule has 24 heavy (non-hydrogen) atoms. The highest BCUT2D eigenvalue weighted by Crippen LogP contribution is 2.35. The van der Waals surface area contributed by atoms with Gasteiger partial charge in [0.15, 0.2) is 5.82 Å². The van der Waals surface area contributed by atoms with Crippen molar-refractivity contribution < 1.29 is 4.52 Å². The van der Waals surface area contributed by atoms with Gasteiger partial charge in [0.05, 0.1) is 23.0 Å². The van der Waals surface area contributed by atoms with E-state index in [9.17, 15) is 0 Å². The van der Waals surface area contributed by atoms with Crippen LogP contribution >= 0.6 is 28.3 Å². The highest BCUT2D eigenvalue weighted by molar-refractivity contribution is 9.10. The van der Waals surface area contributed by atoms with Crippen LogP contribution in [-0.2, 0) is 5.54 Å². The summed E-state index contributed by atoms with van der Waals surface area (Å²) in [6.07, 6.45) is 7.63. The third-order valence-corrected chi connectivity index (χ3v) is 4.82. The average molecular weight is 411 g/mol. The van der Waals surface area contributed by atoms with Crippen LogP contribution in [0.5, 0.6) is 0 Å². The smallest absolute Gasteiger partial charge is 0.261 e. The minimum absolute atomic E-state index is 0. The van der Waals surface area contributed by atoms with E-state index in [0.29, 0.717) is 11.7 Å². The third kappa shape index (κ3) is 3.11. The molecule has 2 aromatic heterocycles. The van der Waals surface area contributed by atoms with E-state index in [2.05, 4.69) is 31.2 Å². The van der Waals surface area contributed by atoms with Crippen molar-refractivity contribution in [2.24, 2.45) is 5.73 Å². The Hall–Kier alpha value is -1.70. The molecule has 4 rings (SSSR count). The Balaban J connectivity index is 0.00000169. The number of nitrogens with two attached hydrogens (primary N) is 1. The largest absolute Gasteiger partial charge is 0.334 e. The number of benzene rings is 1. The molecular formula is C16H17BrClN5O. The molecule has 2 heterocycles. The highest BCUT2D eigenvalue weighted by Gasteiger charge is 2.36. The van der Waals surface area contributed by atoms with Crippen LogP contribution in [0.25, 0.3) is 17.1 Å². The number of halogens is 2. The van der Waals surface area contributed by atoms with Crippen molar-refractivity contribution in [1.29, 1.82) is 0 Å². The molecule has 0 spiro atoms. The topological polar surface area (TPSA) is 82.8 Å². The van der Waals surface area contributed by atoms with E-state index >= 15 is 0 Å². The van der Waals surface area contributed by atoms with Crippen LogP contribution in [0.2, 0.25) is 0 Å². The third-order valence-electron chi connectivity index (χ3n) is 4.29. The molecule has 126 valence electrons. The van der Waals surface area contributed by atoms with E-state index < -0.39 is 5.54 Å². The fraction of sp³-hybridized carbons (Fsp3) is 0.312. The molecule has 1 saturated carbocycles. The summed E-state index contributed by atoms with van der Waals surface area (Å²) in [6, 6.07) is 7.90. The summed E-state index contributed by atoms with van der Waals surface area (Å²) in [4.78, 5) is 4.49. The molecule has 3 aromatic rings. The van der Waals surface area contributed by atoms with Gasteiger partial charge in [-0.3, -0.25) is 0 Å². The molecule has 0 bridgehead atoms. The molecule has 1 fully saturated rings. The molecule has 1 aromatic carbocycles. The number of aromatic nitrogens is 4. The second-order valence-corrected chi connectivity index (χ2v) is 6.85. The molecule has 6 nitrogen and oxygen atoms in total. The molecule has 0 unspecified atom stereocenters. The van der Waals surface area contributed by atoms with Gasteiger partial charge in [-0.25, -0.2) is 4.68 Å². The maximum Gasteiger partial charge on any atom is 0.261 e. The maximum atomic E-state index is 6.37. The summed E-state index contributed by atoms with van der Waals surface area (Å²) < 4.78 is 8.20. The summed E-state index contributed by atoms with van der Waals surface area (Å²) in [5.74, 6) is 1.06. The lowest BCUT2D eigenvalue weighted by Crippen LogP contribution is -2.34. The van der Waals surface area contributed by atoms with Crippen molar-refractivity contribution in [3.8, 4) is 17.1 Å². The van der Waals surface area contributed by atoms with Gasteiger partial charge in [-0.2, -0.15) is 10.1 Å². The predicted molar refractivity (Wildman–Crippen MR) is 96.1 cm³/mol. The highest BCUT2D eigenvalue weighted by atomic mass is 79.9. The zero-order valence-electron chi connectivity index (χ0n) is 12.9.